The second-order valence-electron chi connectivity index (χ2n) is 5.27. The van der Waals surface area contributed by atoms with Crippen LogP contribution in [0.3, 0.4) is 0 Å². The molecule has 1 aliphatic rings. The van der Waals surface area contributed by atoms with Gasteiger partial charge in [-0.15, -0.1) is 0 Å². The van der Waals surface area contributed by atoms with Crippen LogP contribution in [0.25, 0.3) is 10.8 Å². The Morgan fingerprint density at radius 3 is 2.85 bits per heavy atom. The fourth-order valence-electron chi connectivity index (χ4n) is 2.74. The maximum absolute atomic E-state index is 11.8. The van der Waals surface area contributed by atoms with Gasteiger partial charge in [0.2, 0.25) is 0 Å². The number of aryl methyl sites for hydroxylation is 1. The fourth-order valence-corrected chi connectivity index (χ4v) is 2.74. The van der Waals surface area contributed by atoms with Gasteiger partial charge in [-0.3, -0.25) is 4.79 Å². The molecular weight excluding hydrogens is 252 g/mol. The predicted octanol–water partition coefficient (Wildman–Crippen LogP) is 2.22. The van der Waals surface area contributed by atoms with Crippen LogP contribution in [0, 0.1) is 0 Å². The average molecular weight is 272 g/mol. The molecule has 0 unspecified atom stereocenters. The molecule has 0 spiro atoms. The van der Waals surface area contributed by atoms with Gasteiger partial charge in [0.1, 0.15) is 11.9 Å². The lowest BCUT2D eigenvalue weighted by atomic mass is 10.0. The highest BCUT2D eigenvalue weighted by Crippen LogP contribution is 2.27. The first-order chi connectivity index (χ1) is 9.78. The summed E-state index contributed by atoms with van der Waals surface area (Å²) >= 11 is 0. The number of aromatic amines is 1. The molecular formula is C16H20N2O2. The van der Waals surface area contributed by atoms with Crippen molar-refractivity contribution in [3.05, 3.63) is 40.3 Å². The monoisotopic (exact) mass is 272 g/mol. The van der Waals surface area contributed by atoms with Crippen LogP contribution in [0.5, 0.6) is 5.75 Å². The number of piperidine rings is 1. The first-order valence-electron chi connectivity index (χ1n) is 7.29. The molecule has 1 fully saturated rings. The third kappa shape index (κ3) is 2.56. The van der Waals surface area contributed by atoms with Crippen molar-refractivity contribution in [2.45, 2.75) is 32.3 Å². The molecule has 4 nitrogen and oxygen atoms in total. The van der Waals surface area contributed by atoms with Crippen molar-refractivity contribution < 1.29 is 4.74 Å². The molecule has 3 rings (SSSR count). The van der Waals surface area contributed by atoms with E-state index in [-0.39, 0.29) is 11.7 Å². The fraction of sp³-hybridized carbons (Fsp3) is 0.438. The highest BCUT2D eigenvalue weighted by atomic mass is 16.5. The molecule has 1 aliphatic heterocycles. The molecule has 4 heteroatoms. The van der Waals surface area contributed by atoms with Crippen LogP contribution >= 0.6 is 0 Å². The van der Waals surface area contributed by atoms with E-state index < -0.39 is 0 Å². The molecule has 1 aromatic carbocycles. The zero-order valence-corrected chi connectivity index (χ0v) is 11.7. The molecule has 2 N–H and O–H groups in total. The van der Waals surface area contributed by atoms with Crippen LogP contribution in [0.1, 0.15) is 25.3 Å². The predicted molar refractivity (Wildman–Crippen MR) is 80.5 cm³/mol. The smallest absolute Gasteiger partial charge is 0.255 e. The molecule has 0 radical (unpaired) electrons. The molecule has 0 saturated carbocycles. The number of fused-ring (bicyclic) bond motifs is 1. The van der Waals surface area contributed by atoms with E-state index in [4.69, 9.17) is 4.74 Å². The quantitative estimate of drug-likeness (QED) is 0.901. The average Bonchev–Trinajstić information content (AvgIpc) is 2.48. The van der Waals surface area contributed by atoms with Crippen molar-refractivity contribution in [1.82, 2.24) is 10.3 Å². The lowest BCUT2D eigenvalue weighted by Gasteiger charge is -2.25. The summed E-state index contributed by atoms with van der Waals surface area (Å²) in [5.74, 6) is 0.928. The molecule has 0 bridgehead atoms. The minimum atomic E-state index is -0.0365. The number of pyridine rings is 1. The lowest BCUT2D eigenvalue weighted by molar-refractivity contribution is 0.161. The molecule has 106 valence electrons. The highest BCUT2D eigenvalue weighted by Gasteiger charge is 2.16. The molecule has 2 heterocycles. The molecule has 2 aromatic rings. The molecule has 0 aliphatic carbocycles. The SMILES string of the molecule is CCc1cc2c(=O)[nH]ccc2cc1OC1CCNCC1. The van der Waals surface area contributed by atoms with Gasteiger partial charge in [-0.1, -0.05) is 6.92 Å². The number of rotatable bonds is 3. The zero-order chi connectivity index (χ0) is 13.9. The van der Waals surface area contributed by atoms with Gasteiger partial charge in [-0.05, 0) is 61.5 Å². The zero-order valence-electron chi connectivity index (χ0n) is 11.7. The minimum absolute atomic E-state index is 0.0365. The van der Waals surface area contributed by atoms with Crippen LogP contribution in [0.2, 0.25) is 0 Å². The van der Waals surface area contributed by atoms with Crippen molar-refractivity contribution in [2.24, 2.45) is 0 Å². The first kappa shape index (κ1) is 13.2. The summed E-state index contributed by atoms with van der Waals surface area (Å²) in [6.45, 7) is 4.12. The number of nitrogens with one attached hydrogen (secondary N) is 2. The van der Waals surface area contributed by atoms with Gasteiger partial charge >= 0.3 is 0 Å². The van der Waals surface area contributed by atoms with Gasteiger partial charge in [0.15, 0.2) is 0 Å². The van der Waals surface area contributed by atoms with Crippen LogP contribution in [0.15, 0.2) is 29.2 Å². The number of hydrogen-bond acceptors (Lipinski definition) is 3. The number of hydrogen-bond donors (Lipinski definition) is 2. The summed E-state index contributed by atoms with van der Waals surface area (Å²) in [7, 11) is 0. The Hall–Kier alpha value is -1.81. The lowest BCUT2D eigenvalue weighted by Crippen LogP contribution is -2.34. The van der Waals surface area contributed by atoms with Gasteiger partial charge < -0.3 is 15.0 Å². The van der Waals surface area contributed by atoms with E-state index in [0.717, 1.165) is 54.4 Å². The summed E-state index contributed by atoms with van der Waals surface area (Å²) in [5, 5.41) is 5.02. The van der Waals surface area contributed by atoms with Gasteiger partial charge in [0.05, 0.1) is 0 Å². The Labute approximate surface area is 118 Å². The number of aromatic nitrogens is 1. The second kappa shape index (κ2) is 5.67. The third-order valence-electron chi connectivity index (χ3n) is 3.92. The topological polar surface area (TPSA) is 54.1 Å². The first-order valence-corrected chi connectivity index (χ1v) is 7.29. The number of benzene rings is 1. The van der Waals surface area contributed by atoms with E-state index in [9.17, 15) is 4.79 Å². The van der Waals surface area contributed by atoms with Crippen molar-refractivity contribution in [3.63, 3.8) is 0 Å². The maximum Gasteiger partial charge on any atom is 0.255 e. The van der Waals surface area contributed by atoms with Crippen molar-refractivity contribution in [1.29, 1.82) is 0 Å². The Morgan fingerprint density at radius 1 is 1.30 bits per heavy atom. The summed E-state index contributed by atoms with van der Waals surface area (Å²) in [4.78, 5) is 14.6. The second-order valence-corrected chi connectivity index (χ2v) is 5.27. The summed E-state index contributed by atoms with van der Waals surface area (Å²) in [6.07, 6.45) is 4.91. The van der Waals surface area contributed by atoms with Gasteiger partial charge in [0.25, 0.3) is 5.56 Å². The summed E-state index contributed by atoms with van der Waals surface area (Å²) < 4.78 is 6.17. The van der Waals surface area contributed by atoms with Gasteiger partial charge in [0, 0.05) is 11.6 Å². The van der Waals surface area contributed by atoms with Crippen molar-refractivity contribution >= 4 is 10.8 Å². The third-order valence-corrected chi connectivity index (χ3v) is 3.92. The van der Waals surface area contributed by atoms with E-state index in [2.05, 4.69) is 17.2 Å². The Bertz CT molecular complexity index is 657. The van der Waals surface area contributed by atoms with Crippen LogP contribution in [-0.4, -0.2) is 24.2 Å². The molecule has 20 heavy (non-hydrogen) atoms. The Balaban J connectivity index is 1.98. The van der Waals surface area contributed by atoms with Crippen molar-refractivity contribution in [3.8, 4) is 5.75 Å². The van der Waals surface area contributed by atoms with E-state index >= 15 is 0 Å². The van der Waals surface area contributed by atoms with Gasteiger partial charge in [-0.25, -0.2) is 0 Å². The maximum atomic E-state index is 11.8. The Morgan fingerprint density at radius 2 is 2.10 bits per heavy atom. The normalized spacial score (nSPS) is 16.4. The van der Waals surface area contributed by atoms with Gasteiger partial charge in [-0.2, -0.15) is 0 Å². The number of H-pyrrole nitrogens is 1. The molecule has 1 saturated heterocycles. The highest BCUT2D eigenvalue weighted by molar-refractivity contribution is 5.84. The standard InChI is InChI=1S/C16H20N2O2/c1-2-11-9-14-12(3-8-18-16(14)19)10-15(11)20-13-4-6-17-7-5-13/h3,8-10,13,17H,2,4-7H2,1H3,(H,18,19). The summed E-state index contributed by atoms with van der Waals surface area (Å²) in [5.41, 5.74) is 1.07. The molecule has 0 atom stereocenters. The Kier molecular flexibility index (Phi) is 3.74. The van der Waals surface area contributed by atoms with Crippen molar-refractivity contribution in [2.75, 3.05) is 13.1 Å². The largest absolute Gasteiger partial charge is 0.490 e. The van der Waals surface area contributed by atoms with E-state index in [1.54, 1.807) is 6.20 Å². The van der Waals surface area contributed by atoms with Crippen LogP contribution in [-0.2, 0) is 6.42 Å². The number of ether oxygens (including phenoxy) is 1. The summed E-state index contributed by atoms with van der Waals surface area (Å²) in [6, 6.07) is 5.89. The van der Waals surface area contributed by atoms with Crippen LogP contribution in [0.4, 0.5) is 0 Å². The molecule has 1 aromatic heterocycles. The van der Waals surface area contributed by atoms with E-state index in [0.29, 0.717) is 0 Å². The van der Waals surface area contributed by atoms with E-state index in [1.165, 1.54) is 0 Å². The van der Waals surface area contributed by atoms with Crippen LogP contribution < -0.4 is 15.6 Å². The van der Waals surface area contributed by atoms with E-state index in [1.807, 2.05) is 18.2 Å². The minimum Gasteiger partial charge on any atom is -0.490 e. The molecule has 0 amide bonds.